The summed E-state index contributed by atoms with van der Waals surface area (Å²) in [6.07, 6.45) is 25.9. The Labute approximate surface area is 332 Å². The maximum Gasteiger partial charge on any atom is 0.303 e. The number of carbonyl (C=O) groups is 2. The number of aliphatic carboxylic acids is 1. The molecule has 0 aliphatic heterocycles. The largest absolute Gasteiger partial charge is 0.481 e. The summed E-state index contributed by atoms with van der Waals surface area (Å²) in [6, 6.07) is 0. The van der Waals surface area contributed by atoms with Crippen molar-refractivity contribution in [2.45, 2.75) is 189 Å². The van der Waals surface area contributed by atoms with Gasteiger partial charge in [0, 0.05) is 32.4 Å². The molecule has 0 aliphatic carbocycles. The second-order valence-electron chi connectivity index (χ2n) is 17.3. The van der Waals surface area contributed by atoms with E-state index in [4.69, 9.17) is 10.8 Å². The third-order valence-corrected chi connectivity index (χ3v) is 10.8. The van der Waals surface area contributed by atoms with Crippen LogP contribution in [-0.2, 0) is 9.59 Å². The summed E-state index contributed by atoms with van der Waals surface area (Å²) in [4.78, 5) is 31.9. The van der Waals surface area contributed by atoms with Crippen LogP contribution < -0.4 is 15.5 Å². The summed E-state index contributed by atoms with van der Waals surface area (Å²) in [5.74, 6) is -0.191. The fourth-order valence-electron chi connectivity index (χ4n) is 7.36. The molecule has 0 spiro atoms. The van der Waals surface area contributed by atoms with Crippen LogP contribution in [0.25, 0.3) is 0 Å². The van der Waals surface area contributed by atoms with Crippen molar-refractivity contribution in [1.29, 1.82) is 0 Å². The molecule has 8 heteroatoms. The minimum Gasteiger partial charge on any atom is -0.481 e. The van der Waals surface area contributed by atoms with Gasteiger partial charge in [-0.15, -0.1) is 0 Å². The van der Waals surface area contributed by atoms with E-state index in [1.165, 1.54) is 106 Å². The van der Waals surface area contributed by atoms with Crippen molar-refractivity contribution < 1.29 is 24.5 Å². The van der Waals surface area contributed by atoms with E-state index < -0.39 is 5.97 Å². The molecule has 0 aromatic carbocycles. The van der Waals surface area contributed by atoms with Gasteiger partial charge in [0.25, 0.3) is 0 Å². The second-order valence-corrected chi connectivity index (χ2v) is 17.3. The number of hydrogen-bond acceptors (Lipinski definition) is 4. The first-order valence-electron chi connectivity index (χ1n) is 22.6. The Bertz CT molecular complexity index is 747. The number of nitrogens with zero attached hydrogens (tertiary/aromatic N) is 2. The number of carbonyl (C=O) groups excluding carboxylic acids is 1. The highest BCUT2D eigenvalue weighted by Crippen LogP contribution is 2.41. The molecule has 5 N–H and O–H groups in total. The molecule has 0 heterocycles. The molecule has 0 aromatic heterocycles. The molecule has 8 nitrogen and oxygen atoms in total. The minimum atomic E-state index is -0.617. The Balaban J connectivity index is -0.000000871. The topological polar surface area (TPSA) is 95.8 Å². The Hall–Kier alpha value is -1.22. The lowest BCUT2D eigenvalue weighted by atomic mass is 9.71. The number of nitrogens with one attached hydrogen (secondary N) is 2. The van der Waals surface area contributed by atoms with Crippen molar-refractivity contribution in [3.8, 4) is 0 Å². The first-order chi connectivity index (χ1) is 25.2. The van der Waals surface area contributed by atoms with Crippen LogP contribution in [-0.4, -0.2) is 108 Å². The quantitative estimate of drug-likeness (QED) is 0.0550. The molecule has 0 saturated carbocycles. The van der Waals surface area contributed by atoms with Crippen LogP contribution in [0.3, 0.4) is 0 Å². The van der Waals surface area contributed by atoms with E-state index in [0.29, 0.717) is 12.3 Å². The second kappa shape index (κ2) is 37.7. The third kappa shape index (κ3) is 35.0. The van der Waals surface area contributed by atoms with Gasteiger partial charge in [0.2, 0.25) is 5.91 Å². The molecular formula is C45H99N5O3+2. The molecule has 0 aliphatic rings. The van der Waals surface area contributed by atoms with Crippen LogP contribution in [0.1, 0.15) is 189 Å². The lowest BCUT2D eigenvalue weighted by molar-refractivity contribution is -0.858. The fourth-order valence-corrected chi connectivity index (χ4v) is 7.36. The van der Waals surface area contributed by atoms with Gasteiger partial charge in [-0.05, 0) is 83.0 Å². The zero-order chi connectivity index (χ0) is 41.0. The minimum absolute atomic E-state index is 0.0772. The van der Waals surface area contributed by atoms with Gasteiger partial charge in [0.05, 0.1) is 47.7 Å². The Morgan fingerprint density at radius 1 is 0.528 bits per heavy atom. The first kappa shape index (κ1) is 56.1. The predicted molar refractivity (Wildman–Crippen MR) is 232 cm³/mol. The van der Waals surface area contributed by atoms with Crippen molar-refractivity contribution in [3.05, 3.63) is 0 Å². The summed E-state index contributed by atoms with van der Waals surface area (Å²) >= 11 is 0. The van der Waals surface area contributed by atoms with Gasteiger partial charge in [0.1, 0.15) is 0 Å². The summed E-state index contributed by atoms with van der Waals surface area (Å²) in [5.41, 5.74) is 5.56. The number of carboxylic acid groups (broad SMARTS) is 1. The summed E-state index contributed by atoms with van der Waals surface area (Å²) in [6.45, 7) is 19.4. The highest BCUT2D eigenvalue weighted by Gasteiger charge is 2.33. The molecule has 0 rings (SSSR count). The van der Waals surface area contributed by atoms with Gasteiger partial charge in [-0.25, -0.2) is 0 Å². The molecule has 0 unspecified atom stereocenters. The SMILES string of the molecule is CCCCC(CCCC)(CCCC)CC(=O)N(CCC[NH+](C)C)CCC[NH+](C)C.CCCCC(CCCC)(CCCC)CC(=O)O.CN(C)CCCN. The molecule has 0 saturated heterocycles. The van der Waals surface area contributed by atoms with Gasteiger partial charge in [-0.1, -0.05) is 119 Å². The van der Waals surface area contributed by atoms with E-state index >= 15 is 0 Å². The van der Waals surface area contributed by atoms with E-state index in [2.05, 4.69) is 93.6 Å². The normalized spacial score (nSPS) is 11.8. The Morgan fingerprint density at radius 2 is 0.849 bits per heavy atom. The van der Waals surface area contributed by atoms with Crippen molar-refractivity contribution in [3.63, 3.8) is 0 Å². The van der Waals surface area contributed by atoms with Crippen molar-refractivity contribution >= 4 is 11.9 Å². The molecule has 0 bridgehead atoms. The average Bonchev–Trinajstić information content (AvgIpc) is 3.11. The first-order valence-corrected chi connectivity index (χ1v) is 22.6. The molecule has 0 radical (unpaired) electrons. The van der Waals surface area contributed by atoms with Crippen LogP contribution in [0.5, 0.6) is 0 Å². The number of hydrogen-bond donors (Lipinski definition) is 4. The smallest absolute Gasteiger partial charge is 0.303 e. The molecule has 320 valence electrons. The highest BCUT2D eigenvalue weighted by atomic mass is 16.4. The highest BCUT2D eigenvalue weighted by molar-refractivity contribution is 5.77. The van der Waals surface area contributed by atoms with Crippen LogP contribution in [0.4, 0.5) is 0 Å². The van der Waals surface area contributed by atoms with Crippen molar-refractivity contribution in [2.75, 3.05) is 81.6 Å². The molecule has 53 heavy (non-hydrogen) atoms. The van der Waals surface area contributed by atoms with Gasteiger partial charge >= 0.3 is 5.97 Å². The van der Waals surface area contributed by atoms with Crippen LogP contribution >= 0.6 is 0 Å². The Kier molecular flexibility index (Phi) is 39.9. The van der Waals surface area contributed by atoms with Crippen LogP contribution in [0.15, 0.2) is 0 Å². The lowest BCUT2D eigenvalue weighted by Crippen LogP contribution is -3.05. The predicted octanol–water partition coefficient (Wildman–Crippen LogP) is 7.75. The molecule has 0 aromatic rings. The maximum atomic E-state index is 13.5. The van der Waals surface area contributed by atoms with E-state index in [9.17, 15) is 9.59 Å². The number of quaternary nitrogens is 2. The van der Waals surface area contributed by atoms with Gasteiger partial charge in [-0.3, -0.25) is 9.59 Å². The lowest BCUT2D eigenvalue weighted by Gasteiger charge is -2.36. The van der Waals surface area contributed by atoms with Gasteiger partial charge in [-0.2, -0.15) is 0 Å². The van der Waals surface area contributed by atoms with Crippen molar-refractivity contribution in [1.82, 2.24) is 9.80 Å². The van der Waals surface area contributed by atoms with Crippen LogP contribution in [0, 0.1) is 10.8 Å². The van der Waals surface area contributed by atoms with Crippen LogP contribution in [0.2, 0.25) is 0 Å². The summed E-state index contributed by atoms with van der Waals surface area (Å²) < 4.78 is 0. The number of carboxylic acids is 1. The van der Waals surface area contributed by atoms with Gasteiger partial charge < -0.3 is 30.4 Å². The van der Waals surface area contributed by atoms with Crippen molar-refractivity contribution in [2.24, 2.45) is 16.6 Å². The maximum absolute atomic E-state index is 13.5. The summed E-state index contributed by atoms with van der Waals surface area (Å²) in [5, 5.41) is 9.15. The average molecular weight is 758 g/mol. The van der Waals surface area contributed by atoms with Gasteiger partial charge in [0.15, 0.2) is 0 Å². The standard InChI is InChI=1S/C25H53N3O.C15H30O2.C5H14N2/c1-8-11-16-25(17-12-9-2,18-13-10-3)23-24(29)28(21-14-19-26(4)5)22-15-20-27(6)7;1-4-7-10-15(11-8-5-2,12-9-6-3)13-14(16)17;1-7(2)5-3-4-6/h8-23H2,1-7H3;4-13H2,1-3H3,(H,16,17);3-6H2,1-2H3/p+2. The molecule has 1 amide bonds. The zero-order valence-electron chi connectivity index (χ0n) is 38.2. The number of rotatable bonds is 33. The van der Waals surface area contributed by atoms with E-state index in [1.807, 2.05) is 0 Å². The van der Waals surface area contributed by atoms with E-state index in [-0.39, 0.29) is 10.8 Å². The zero-order valence-corrected chi connectivity index (χ0v) is 38.2. The number of unbranched alkanes of at least 4 members (excludes halogenated alkanes) is 6. The number of amides is 1. The molecule has 0 fully saturated rings. The Morgan fingerprint density at radius 3 is 1.08 bits per heavy atom. The number of nitrogens with two attached hydrogens (primary N) is 1. The monoisotopic (exact) mass is 758 g/mol. The fraction of sp³-hybridized carbons (Fsp3) is 0.956. The van der Waals surface area contributed by atoms with E-state index in [1.54, 1.807) is 0 Å². The molecule has 0 atom stereocenters. The van der Waals surface area contributed by atoms with E-state index in [0.717, 1.165) is 84.2 Å². The molecular weight excluding hydrogens is 659 g/mol. The summed E-state index contributed by atoms with van der Waals surface area (Å²) in [7, 11) is 12.9. The third-order valence-electron chi connectivity index (χ3n) is 10.8.